The van der Waals surface area contributed by atoms with Crippen molar-refractivity contribution in [3.63, 3.8) is 0 Å². The van der Waals surface area contributed by atoms with Gasteiger partial charge in [-0.3, -0.25) is 4.79 Å². The Labute approximate surface area is 68.1 Å². The first kappa shape index (κ1) is 10.6. The van der Waals surface area contributed by atoms with E-state index in [1.165, 1.54) is 0 Å². The average Bonchev–Trinajstić information content (AvgIpc) is 1.82. The molecule has 11 heavy (non-hydrogen) atoms. The van der Waals surface area contributed by atoms with Crippen LogP contribution < -0.4 is 11.5 Å². The number of ketones is 1. The summed E-state index contributed by atoms with van der Waals surface area (Å²) >= 11 is 0. The number of carbonyl (C=O) groups excluding carboxylic acids is 1. The molecule has 3 heteroatoms. The highest BCUT2D eigenvalue weighted by Crippen LogP contribution is 2.08. The van der Waals surface area contributed by atoms with Gasteiger partial charge in [0.2, 0.25) is 0 Å². The van der Waals surface area contributed by atoms with E-state index in [-0.39, 0.29) is 11.7 Å². The van der Waals surface area contributed by atoms with Crippen LogP contribution >= 0.6 is 0 Å². The van der Waals surface area contributed by atoms with Gasteiger partial charge in [0.1, 0.15) is 0 Å². The van der Waals surface area contributed by atoms with Crippen molar-refractivity contribution in [2.24, 2.45) is 17.4 Å². The lowest BCUT2D eigenvalue weighted by Crippen LogP contribution is -2.55. The quantitative estimate of drug-likeness (QED) is 0.619. The molecule has 0 saturated carbocycles. The Kier molecular flexibility index (Phi) is 3.20. The predicted octanol–water partition coefficient (Wildman–Crippen LogP) is 0.276. The summed E-state index contributed by atoms with van der Waals surface area (Å²) in [6.07, 6.45) is 0. The van der Waals surface area contributed by atoms with Gasteiger partial charge in [0.15, 0.2) is 5.78 Å². The largest absolute Gasteiger partial charge is 0.324 e. The second-order valence-electron chi connectivity index (χ2n) is 3.86. The first-order valence-electron chi connectivity index (χ1n) is 3.85. The molecule has 0 aliphatic heterocycles. The Morgan fingerprint density at radius 2 is 1.73 bits per heavy atom. The molecule has 4 N–H and O–H groups in total. The van der Waals surface area contributed by atoms with E-state index >= 15 is 0 Å². The average molecular weight is 158 g/mol. The fraction of sp³-hybridized carbons (Fsp3) is 0.875. The van der Waals surface area contributed by atoms with E-state index in [1.807, 2.05) is 13.8 Å². The van der Waals surface area contributed by atoms with Crippen LogP contribution in [0.15, 0.2) is 0 Å². The normalized spacial score (nSPS) is 15.2. The maximum Gasteiger partial charge on any atom is 0.153 e. The highest BCUT2D eigenvalue weighted by molar-refractivity contribution is 5.86. The minimum Gasteiger partial charge on any atom is -0.324 e. The van der Waals surface area contributed by atoms with Crippen molar-refractivity contribution in [1.82, 2.24) is 0 Å². The van der Waals surface area contributed by atoms with Crippen LogP contribution in [0.1, 0.15) is 27.7 Å². The van der Waals surface area contributed by atoms with Crippen molar-refractivity contribution in [1.29, 1.82) is 0 Å². The molecule has 0 bridgehead atoms. The Morgan fingerprint density at radius 1 is 1.36 bits per heavy atom. The topological polar surface area (TPSA) is 69.1 Å². The second-order valence-corrected chi connectivity index (χ2v) is 3.86. The molecule has 0 aromatic heterocycles. The van der Waals surface area contributed by atoms with Gasteiger partial charge in [0, 0.05) is 11.5 Å². The fourth-order valence-electron chi connectivity index (χ4n) is 0.726. The molecule has 1 unspecified atom stereocenters. The van der Waals surface area contributed by atoms with Crippen LogP contribution in [0.4, 0.5) is 0 Å². The molecule has 0 radical (unpaired) electrons. The molecule has 0 heterocycles. The van der Waals surface area contributed by atoms with Crippen molar-refractivity contribution in [3.05, 3.63) is 0 Å². The molecule has 0 spiro atoms. The number of Topliss-reactive ketones (excluding diaryl/α,β-unsaturated/α-hetero) is 1. The van der Waals surface area contributed by atoms with E-state index in [2.05, 4.69) is 0 Å². The van der Waals surface area contributed by atoms with Crippen LogP contribution in [0.3, 0.4) is 0 Å². The van der Waals surface area contributed by atoms with Crippen molar-refractivity contribution < 1.29 is 4.79 Å². The van der Waals surface area contributed by atoms with Gasteiger partial charge in [0.05, 0.1) is 6.04 Å². The summed E-state index contributed by atoms with van der Waals surface area (Å²) in [4.78, 5) is 11.3. The fourth-order valence-corrected chi connectivity index (χ4v) is 0.726. The second kappa shape index (κ2) is 3.32. The zero-order chi connectivity index (χ0) is 9.23. The molecule has 66 valence electrons. The molecule has 0 amide bonds. The van der Waals surface area contributed by atoms with Crippen LogP contribution in [0.25, 0.3) is 0 Å². The summed E-state index contributed by atoms with van der Waals surface area (Å²) in [6.45, 7) is 7.18. The highest BCUT2D eigenvalue weighted by Gasteiger charge is 2.29. The molecule has 0 aliphatic carbocycles. The van der Waals surface area contributed by atoms with Gasteiger partial charge >= 0.3 is 0 Å². The van der Waals surface area contributed by atoms with Crippen LogP contribution in [-0.2, 0) is 4.79 Å². The lowest BCUT2D eigenvalue weighted by Gasteiger charge is -2.26. The molecular weight excluding hydrogens is 140 g/mol. The Bertz CT molecular complexity index is 147. The molecule has 1 atom stereocenters. The smallest absolute Gasteiger partial charge is 0.153 e. The third kappa shape index (κ3) is 2.99. The Balaban J connectivity index is 4.26. The van der Waals surface area contributed by atoms with E-state index in [0.29, 0.717) is 0 Å². The molecule has 0 saturated heterocycles. The SMILES string of the molecule is CC(C)C(=O)C(N)C(C)(C)N. The van der Waals surface area contributed by atoms with Gasteiger partial charge in [-0.2, -0.15) is 0 Å². The molecule has 0 aliphatic rings. The maximum absolute atomic E-state index is 11.3. The summed E-state index contributed by atoms with van der Waals surface area (Å²) < 4.78 is 0. The molecular formula is C8H18N2O. The van der Waals surface area contributed by atoms with E-state index in [1.54, 1.807) is 13.8 Å². The van der Waals surface area contributed by atoms with Gasteiger partial charge < -0.3 is 11.5 Å². The van der Waals surface area contributed by atoms with Crippen LogP contribution in [0.2, 0.25) is 0 Å². The van der Waals surface area contributed by atoms with Crippen LogP contribution in [0.5, 0.6) is 0 Å². The lowest BCUT2D eigenvalue weighted by molar-refractivity contribution is -0.124. The van der Waals surface area contributed by atoms with E-state index in [0.717, 1.165) is 0 Å². The molecule has 0 aromatic rings. The van der Waals surface area contributed by atoms with Crippen molar-refractivity contribution in [2.45, 2.75) is 39.3 Å². The minimum absolute atomic E-state index is 0.0255. The first-order valence-corrected chi connectivity index (χ1v) is 3.85. The summed E-state index contributed by atoms with van der Waals surface area (Å²) in [7, 11) is 0. The Hall–Kier alpha value is -0.410. The maximum atomic E-state index is 11.3. The van der Waals surface area contributed by atoms with Gasteiger partial charge in [-0.15, -0.1) is 0 Å². The zero-order valence-corrected chi connectivity index (χ0v) is 7.72. The molecule has 0 aromatic carbocycles. The number of nitrogens with two attached hydrogens (primary N) is 2. The standard InChI is InChI=1S/C8H18N2O/c1-5(2)6(11)7(9)8(3,4)10/h5,7H,9-10H2,1-4H3. The molecule has 0 rings (SSSR count). The summed E-state index contributed by atoms with van der Waals surface area (Å²) in [5.74, 6) is -0.00896. The number of carbonyl (C=O) groups is 1. The zero-order valence-electron chi connectivity index (χ0n) is 7.72. The number of hydrogen-bond donors (Lipinski definition) is 2. The third-order valence-electron chi connectivity index (χ3n) is 1.68. The summed E-state index contributed by atoms with van der Waals surface area (Å²) in [5.41, 5.74) is 10.7. The predicted molar refractivity (Wildman–Crippen MR) is 46.1 cm³/mol. The monoisotopic (exact) mass is 158 g/mol. The van der Waals surface area contributed by atoms with E-state index < -0.39 is 11.6 Å². The van der Waals surface area contributed by atoms with Gasteiger partial charge in [-0.05, 0) is 13.8 Å². The minimum atomic E-state index is -0.610. The van der Waals surface area contributed by atoms with Gasteiger partial charge in [-0.25, -0.2) is 0 Å². The Morgan fingerprint density at radius 3 is 1.82 bits per heavy atom. The van der Waals surface area contributed by atoms with Crippen LogP contribution in [-0.4, -0.2) is 17.4 Å². The van der Waals surface area contributed by atoms with Crippen molar-refractivity contribution in [3.8, 4) is 0 Å². The molecule has 0 fully saturated rings. The number of hydrogen-bond acceptors (Lipinski definition) is 3. The molecule has 3 nitrogen and oxygen atoms in total. The van der Waals surface area contributed by atoms with Gasteiger partial charge in [-0.1, -0.05) is 13.8 Å². The van der Waals surface area contributed by atoms with Crippen molar-refractivity contribution in [2.75, 3.05) is 0 Å². The van der Waals surface area contributed by atoms with E-state index in [9.17, 15) is 4.79 Å². The first-order chi connectivity index (χ1) is 4.76. The number of rotatable bonds is 3. The third-order valence-corrected chi connectivity index (χ3v) is 1.68. The van der Waals surface area contributed by atoms with Gasteiger partial charge in [0.25, 0.3) is 0 Å². The van der Waals surface area contributed by atoms with Crippen LogP contribution in [0, 0.1) is 5.92 Å². The highest BCUT2D eigenvalue weighted by atomic mass is 16.1. The van der Waals surface area contributed by atoms with Crippen molar-refractivity contribution >= 4 is 5.78 Å². The summed E-state index contributed by atoms with van der Waals surface area (Å²) in [6, 6.07) is -0.553. The summed E-state index contributed by atoms with van der Waals surface area (Å²) in [5, 5.41) is 0. The lowest BCUT2D eigenvalue weighted by atomic mass is 9.88. The van der Waals surface area contributed by atoms with E-state index in [4.69, 9.17) is 11.5 Å².